The highest BCUT2D eigenvalue weighted by atomic mass is 19.1. The maximum Gasteiger partial charge on any atom is 0.315 e. The Morgan fingerprint density at radius 2 is 2.22 bits per heavy atom. The number of benzene rings is 1. The van der Waals surface area contributed by atoms with Crippen LogP contribution in [0.3, 0.4) is 0 Å². The fourth-order valence-corrected chi connectivity index (χ4v) is 1.44. The van der Waals surface area contributed by atoms with Crippen LogP contribution < -0.4 is 10.6 Å². The van der Waals surface area contributed by atoms with Crippen LogP contribution in [0.1, 0.15) is 24.5 Å². The number of aryl methyl sites for hydroxylation is 1. The molecule has 0 aliphatic rings. The molecular formula is C13H19FN2O2. The number of urea groups is 1. The van der Waals surface area contributed by atoms with Crippen molar-refractivity contribution in [1.82, 2.24) is 10.6 Å². The van der Waals surface area contributed by atoms with Gasteiger partial charge >= 0.3 is 6.03 Å². The number of hydrogen-bond donors (Lipinski definition) is 3. The summed E-state index contributed by atoms with van der Waals surface area (Å²) in [5.74, 6) is -0.281. The summed E-state index contributed by atoms with van der Waals surface area (Å²) in [6, 6.07) is 4.23. The van der Waals surface area contributed by atoms with Crippen LogP contribution in [-0.4, -0.2) is 23.8 Å². The quantitative estimate of drug-likeness (QED) is 0.749. The van der Waals surface area contributed by atoms with Gasteiger partial charge < -0.3 is 15.7 Å². The van der Waals surface area contributed by atoms with E-state index in [1.165, 1.54) is 6.07 Å². The zero-order valence-electron chi connectivity index (χ0n) is 10.7. The van der Waals surface area contributed by atoms with Crippen molar-refractivity contribution in [2.24, 2.45) is 0 Å². The highest BCUT2D eigenvalue weighted by Gasteiger charge is 2.08. The molecule has 0 bridgehead atoms. The van der Waals surface area contributed by atoms with E-state index >= 15 is 0 Å². The predicted molar refractivity (Wildman–Crippen MR) is 67.7 cm³/mol. The van der Waals surface area contributed by atoms with Crippen molar-refractivity contribution in [3.05, 3.63) is 35.1 Å². The SMILES string of the molecule is CCC(CO)NC(=O)NCc1ccc(C)c(F)c1. The van der Waals surface area contributed by atoms with Gasteiger partial charge in [-0.25, -0.2) is 9.18 Å². The minimum Gasteiger partial charge on any atom is -0.394 e. The summed E-state index contributed by atoms with van der Waals surface area (Å²) in [6.07, 6.45) is 0.656. The van der Waals surface area contributed by atoms with Crippen LogP contribution in [0.4, 0.5) is 9.18 Å². The molecule has 1 unspecified atom stereocenters. The van der Waals surface area contributed by atoms with Gasteiger partial charge in [0.25, 0.3) is 0 Å². The van der Waals surface area contributed by atoms with Crippen molar-refractivity contribution >= 4 is 6.03 Å². The summed E-state index contributed by atoms with van der Waals surface area (Å²) in [7, 11) is 0. The highest BCUT2D eigenvalue weighted by molar-refractivity contribution is 5.74. The van der Waals surface area contributed by atoms with E-state index in [9.17, 15) is 9.18 Å². The van der Waals surface area contributed by atoms with Crippen LogP contribution in [-0.2, 0) is 6.54 Å². The average Bonchev–Trinajstić information content (AvgIpc) is 2.37. The van der Waals surface area contributed by atoms with Gasteiger partial charge in [0.05, 0.1) is 12.6 Å². The molecule has 4 nitrogen and oxygen atoms in total. The molecular weight excluding hydrogens is 235 g/mol. The Balaban J connectivity index is 2.44. The molecule has 5 heteroatoms. The number of halogens is 1. The third-order valence-electron chi connectivity index (χ3n) is 2.74. The maximum absolute atomic E-state index is 13.3. The molecule has 0 heterocycles. The molecule has 1 aromatic rings. The summed E-state index contributed by atoms with van der Waals surface area (Å²) >= 11 is 0. The van der Waals surface area contributed by atoms with E-state index in [4.69, 9.17) is 5.11 Å². The minimum absolute atomic E-state index is 0.0942. The standard InChI is InChI=1S/C13H19FN2O2/c1-3-11(8-17)16-13(18)15-7-10-5-4-9(2)12(14)6-10/h4-6,11,17H,3,7-8H2,1-2H3,(H2,15,16,18). The molecule has 0 spiro atoms. The Morgan fingerprint density at radius 1 is 1.50 bits per heavy atom. The number of aliphatic hydroxyl groups is 1. The van der Waals surface area contributed by atoms with Crippen LogP contribution in [0.25, 0.3) is 0 Å². The largest absolute Gasteiger partial charge is 0.394 e. The molecule has 0 saturated heterocycles. The molecule has 0 aliphatic carbocycles. The van der Waals surface area contributed by atoms with Crippen LogP contribution in [0, 0.1) is 12.7 Å². The molecule has 0 aromatic heterocycles. The van der Waals surface area contributed by atoms with Crippen LogP contribution in [0.5, 0.6) is 0 Å². The normalized spacial score (nSPS) is 12.0. The lowest BCUT2D eigenvalue weighted by Crippen LogP contribution is -2.43. The predicted octanol–water partition coefficient (Wildman–Crippen LogP) is 1.70. The molecule has 0 fully saturated rings. The number of amides is 2. The Hall–Kier alpha value is -1.62. The van der Waals surface area contributed by atoms with Crippen molar-refractivity contribution in [2.45, 2.75) is 32.9 Å². The third-order valence-corrected chi connectivity index (χ3v) is 2.74. The Kier molecular flexibility index (Phi) is 5.58. The molecule has 0 radical (unpaired) electrons. The first-order valence-electron chi connectivity index (χ1n) is 5.97. The van der Waals surface area contributed by atoms with Crippen LogP contribution in [0.2, 0.25) is 0 Å². The number of rotatable bonds is 5. The van der Waals surface area contributed by atoms with E-state index in [0.29, 0.717) is 17.5 Å². The fraction of sp³-hybridized carbons (Fsp3) is 0.462. The molecule has 2 amide bonds. The second-order valence-corrected chi connectivity index (χ2v) is 4.20. The fourth-order valence-electron chi connectivity index (χ4n) is 1.44. The molecule has 1 atom stereocenters. The lowest BCUT2D eigenvalue weighted by Gasteiger charge is -2.14. The van der Waals surface area contributed by atoms with E-state index in [2.05, 4.69) is 10.6 Å². The summed E-state index contributed by atoms with van der Waals surface area (Å²) in [5.41, 5.74) is 1.28. The summed E-state index contributed by atoms with van der Waals surface area (Å²) in [6.45, 7) is 3.72. The number of carbonyl (C=O) groups excluding carboxylic acids is 1. The first-order valence-corrected chi connectivity index (χ1v) is 5.97. The number of aliphatic hydroxyl groups excluding tert-OH is 1. The van der Waals surface area contributed by atoms with Gasteiger partial charge in [0.1, 0.15) is 5.82 Å². The molecule has 1 aromatic carbocycles. The Bertz CT molecular complexity index is 406. The van der Waals surface area contributed by atoms with Crippen molar-refractivity contribution in [3.63, 3.8) is 0 Å². The lowest BCUT2D eigenvalue weighted by molar-refractivity contribution is 0.214. The van der Waals surface area contributed by atoms with Crippen molar-refractivity contribution in [1.29, 1.82) is 0 Å². The minimum atomic E-state index is -0.364. The maximum atomic E-state index is 13.3. The second-order valence-electron chi connectivity index (χ2n) is 4.20. The number of hydrogen-bond acceptors (Lipinski definition) is 2. The van der Waals surface area contributed by atoms with E-state index in [1.807, 2.05) is 6.92 Å². The topological polar surface area (TPSA) is 61.4 Å². The van der Waals surface area contributed by atoms with Crippen LogP contribution >= 0.6 is 0 Å². The third kappa shape index (κ3) is 4.33. The molecule has 0 aliphatic heterocycles. The van der Waals surface area contributed by atoms with Crippen molar-refractivity contribution in [3.8, 4) is 0 Å². The molecule has 18 heavy (non-hydrogen) atoms. The van der Waals surface area contributed by atoms with Gasteiger partial charge in [-0.2, -0.15) is 0 Å². The molecule has 1 rings (SSSR count). The molecule has 100 valence electrons. The van der Waals surface area contributed by atoms with Crippen molar-refractivity contribution in [2.75, 3.05) is 6.61 Å². The van der Waals surface area contributed by atoms with E-state index in [-0.39, 0.29) is 31.0 Å². The van der Waals surface area contributed by atoms with Gasteiger partial charge in [-0.1, -0.05) is 19.1 Å². The van der Waals surface area contributed by atoms with E-state index < -0.39 is 0 Å². The summed E-state index contributed by atoms with van der Waals surface area (Å²) < 4.78 is 13.3. The van der Waals surface area contributed by atoms with E-state index in [0.717, 1.165) is 0 Å². The first-order chi connectivity index (χ1) is 8.56. The molecule has 0 saturated carbocycles. The first kappa shape index (κ1) is 14.4. The number of carbonyl (C=O) groups is 1. The smallest absolute Gasteiger partial charge is 0.315 e. The van der Waals surface area contributed by atoms with Gasteiger partial charge in [0.2, 0.25) is 0 Å². The lowest BCUT2D eigenvalue weighted by atomic mass is 10.1. The Morgan fingerprint density at radius 3 is 2.78 bits per heavy atom. The average molecular weight is 254 g/mol. The zero-order chi connectivity index (χ0) is 13.5. The van der Waals surface area contributed by atoms with Crippen LogP contribution in [0.15, 0.2) is 18.2 Å². The van der Waals surface area contributed by atoms with Crippen molar-refractivity contribution < 1.29 is 14.3 Å². The van der Waals surface area contributed by atoms with Gasteiger partial charge in [0.15, 0.2) is 0 Å². The summed E-state index contributed by atoms with van der Waals surface area (Å²) in [5, 5.41) is 14.2. The monoisotopic (exact) mass is 254 g/mol. The Labute approximate surface area is 106 Å². The van der Waals surface area contributed by atoms with Gasteiger partial charge in [-0.3, -0.25) is 0 Å². The summed E-state index contributed by atoms with van der Waals surface area (Å²) in [4.78, 5) is 11.5. The molecule has 3 N–H and O–H groups in total. The highest BCUT2D eigenvalue weighted by Crippen LogP contribution is 2.08. The van der Waals surface area contributed by atoms with Gasteiger partial charge in [0, 0.05) is 6.54 Å². The van der Waals surface area contributed by atoms with Gasteiger partial charge in [-0.15, -0.1) is 0 Å². The van der Waals surface area contributed by atoms with Gasteiger partial charge in [-0.05, 0) is 30.5 Å². The number of nitrogens with one attached hydrogen (secondary N) is 2. The second kappa shape index (κ2) is 6.96. The van der Waals surface area contributed by atoms with E-state index in [1.54, 1.807) is 19.1 Å². The zero-order valence-corrected chi connectivity index (χ0v) is 10.7.